The summed E-state index contributed by atoms with van der Waals surface area (Å²) in [5, 5.41) is 0. The largest absolute Gasteiger partial charge is 0.342 e. The molecule has 1 aliphatic rings. The zero-order valence-electron chi connectivity index (χ0n) is 8.89. The Labute approximate surface area is 89.3 Å². The third kappa shape index (κ3) is 2.32. The Hall–Kier alpha value is -1.45. The van der Waals surface area contributed by atoms with E-state index in [-0.39, 0.29) is 5.91 Å². The van der Waals surface area contributed by atoms with E-state index in [1.54, 1.807) is 25.5 Å². The van der Waals surface area contributed by atoms with Crippen LogP contribution >= 0.6 is 0 Å². The summed E-state index contributed by atoms with van der Waals surface area (Å²) >= 11 is 0. The lowest BCUT2D eigenvalue weighted by atomic mass is 9.95. The van der Waals surface area contributed by atoms with Crippen molar-refractivity contribution >= 4 is 5.91 Å². The molecule has 15 heavy (non-hydrogen) atoms. The van der Waals surface area contributed by atoms with Crippen LogP contribution in [0.4, 0.5) is 0 Å². The van der Waals surface area contributed by atoms with Crippen LogP contribution in [0.3, 0.4) is 0 Å². The van der Waals surface area contributed by atoms with E-state index < -0.39 is 0 Å². The number of hydrogen-bond donors (Lipinski definition) is 0. The zero-order valence-corrected chi connectivity index (χ0v) is 8.89. The zero-order chi connectivity index (χ0) is 10.7. The highest BCUT2D eigenvalue weighted by molar-refractivity contribution is 5.73. The third-order valence-corrected chi connectivity index (χ3v) is 2.87. The summed E-state index contributed by atoms with van der Waals surface area (Å²) in [5.41, 5.74) is 1.00. The molecule has 4 heteroatoms. The normalized spacial score (nSPS) is 21.4. The van der Waals surface area contributed by atoms with Crippen LogP contribution in [0.2, 0.25) is 0 Å². The predicted octanol–water partition coefficient (Wildman–Crippen LogP) is 1.20. The van der Waals surface area contributed by atoms with Gasteiger partial charge in [0.15, 0.2) is 0 Å². The summed E-state index contributed by atoms with van der Waals surface area (Å²) in [5.74, 6) is 0.514. The molecule has 1 atom stereocenters. The van der Waals surface area contributed by atoms with E-state index in [2.05, 4.69) is 9.97 Å². The van der Waals surface area contributed by atoms with E-state index in [1.807, 2.05) is 4.90 Å². The molecule has 0 unspecified atom stereocenters. The number of carbonyl (C=O) groups is 1. The molecule has 1 aromatic rings. The van der Waals surface area contributed by atoms with E-state index in [0.29, 0.717) is 5.92 Å². The van der Waals surface area contributed by atoms with Crippen LogP contribution in [-0.2, 0) is 4.79 Å². The Morgan fingerprint density at radius 2 is 2.40 bits per heavy atom. The van der Waals surface area contributed by atoms with Crippen LogP contribution in [0.5, 0.6) is 0 Å². The van der Waals surface area contributed by atoms with Gasteiger partial charge in [0, 0.05) is 44.5 Å². The van der Waals surface area contributed by atoms with Gasteiger partial charge in [-0.05, 0) is 12.8 Å². The van der Waals surface area contributed by atoms with Crippen molar-refractivity contribution in [2.75, 3.05) is 13.1 Å². The van der Waals surface area contributed by atoms with Gasteiger partial charge in [0.2, 0.25) is 5.91 Å². The van der Waals surface area contributed by atoms with Crippen molar-refractivity contribution < 1.29 is 4.79 Å². The quantitative estimate of drug-likeness (QED) is 0.692. The molecule has 4 nitrogen and oxygen atoms in total. The van der Waals surface area contributed by atoms with Gasteiger partial charge in [-0.1, -0.05) is 0 Å². The fourth-order valence-electron chi connectivity index (χ4n) is 2.03. The summed E-state index contributed by atoms with van der Waals surface area (Å²) in [4.78, 5) is 21.5. The van der Waals surface area contributed by atoms with Crippen molar-refractivity contribution in [2.24, 2.45) is 0 Å². The van der Waals surface area contributed by atoms with Gasteiger partial charge in [-0.2, -0.15) is 0 Å². The number of likely N-dealkylation sites (tertiary alicyclic amines) is 1. The van der Waals surface area contributed by atoms with Crippen LogP contribution in [-0.4, -0.2) is 33.9 Å². The molecule has 0 radical (unpaired) electrons. The highest BCUT2D eigenvalue weighted by Gasteiger charge is 2.23. The van der Waals surface area contributed by atoms with Gasteiger partial charge in [-0.3, -0.25) is 14.8 Å². The molecule has 1 aliphatic heterocycles. The van der Waals surface area contributed by atoms with Gasteiger partial charge in [-0.25, -0.2) is 0 Å². The van der Waals surface area contributed by atoms with Gasteiger partial charge in [-0.15, -0.1) is 0 Å². The number of piperidine rings is 1. The SMILES string of the molecule is CC(=O)N1CCC[C@H](c2cnccn2)C1. The Balaban J connectivity index is 2.08. The molecule has 2 rings (SSSR count). The molecule has 0 aliphatic carbocycles. The third-order valence-electron chi connectivity index (χ3n) is 2.87. The topological polar surface area (TPSA) is 46.1 Å². The van der Waals surface area contributed by atoms with Crippen LogP contribution in [0, 0.1) is 0 Å². The molecule has 1 amide bonds. The molecular formula is C11H15N3O. The van der Waals surface area contributed by atoms with Crippen molar-refractivity contribution in [3.05, 3.63) is 24.3 Å². The number of aromatic nitrogens is 2. The van der Waals surface area contributed by atoms with E-state index in [1.165, 1.54) is 0 Å². The van der Waals surface area contributed by atoms with Gasteiger partial charge in [0.1, 0.15) is 0 Å². The molecule has 0 bridgehead atoms. The lowest BCUT2D eigenvalue weighted by Crippen LogP contribution is -2.37. The summed E-state index contributed by atoms with van der Waals surface area (Å²) < 4.78 is 0. The Morgan fingerprint density at radius 3 is 3.07 bits per heavy atom. The van der Waals surface area contributed by atoms with Crippen molar-refractivity contribution in [1.29, 1.82) is 0 Å². The van der Waals surface area contributed by atoms with Crippen LogP contribution in [0.25, 0.3) is 0 Å². The smallest absolute Gasteiger partial charge is 0.219 e. The van der Waals surface area contributed by atoms with Gasteiger partial charge in [0.25, 0.3) is 0 Å². The fourth-order valence-corrected chi connectivity index (χ4v) is 2.03. The molecule has 0 N–H and O–H groups in total. The standard InChI is InChI=1S/C11H15N3O/c1-9(15)14-6-2-3-10(8-14)11-7-12-4-5-13-11/h4-5,7,10H,2-3,6,8H2,1H3/t10-/m0/s1. The lowest BCUT2D eigenvalue weighted by molar-refractivity contribution is -0.130. The first kappa shape index (κ1) is 10.1. The van der Waals surface area contributed by atoms with Crippen molar-refractivity contribution in [1.82, 2.24) is 14.9 Å². The van der Waals surface area contributed by atoms with Crippen LogP contribution < -0.4 is 0 Å². The average molecular weight is 205 g/mol. The molecule has 0 saturated carbocycles. The highest BCUT2D eigenvalue weighted by Crippen LogP contribution is 2.24. The number of nitrogens with zero attached hydrogens (tertiary/aromatic N) is 3. The molecule has 0 spiro atoms. The van der Waals surface area contributed by atoms with E-state index in [0.717, 1.165) is 31.6 Å². The molecule has 2 heterocycles. The number of amides is 1. The van der Waals surface area contributed by atoms with E-state index in [9.17, 15) is 4.79 Å². The van der Waals surface area contributed by atoms with Crippen LogP contribution in [0.15, 0.2) is 18.6 Å². The number of hydrogen-bond acceptors (Lipinski definition) is 3. The maximum Gasteiger partial charge on any atom is 0.219 e. The van der Waals surface area contributed by atoms with Crippen LogP contribution in [0.1, 0.15) is 31.4 Å². The van der Waals surface area contributed by atoms with Crippen molar-refractivity contribution in [3.8, 4) is 0 Å². The summed E-state index contributed by atoms with van der Waals surface area (Å²) in [6.45, 7) is 3.29. The maximum absolute atomic E-state index is 11.3. The summed E-state index contributed by atoms with van der Waals surface area (Å²) in [6.07, 6.45) is 7.34. The first-order valence-electron chi connectivity index (χ1n) is 5.29. The maximum atomic E-state index is 11.3. The fraction of sp³-hybridized carbons (Fsp3) is 0.545. The van der Waals surface area contributed by atoms with Crippen molar-refractivity contribution in [2.45, 2.75) is 25.7 Å². The highest BCUT2D eigenvalue weighted by atomic mass is 16.2. The molecule has 1 fully saturated rings. The minimum atomic E-state index is 0.156. The lowest BCUT2D eigenvalue weighted by Gasteiger charge is -2.31. The molecule has 1 saturated heterocycles. The van der Waals surface area contributed by atoms with Gasteiger partial charge >= 0.3 is 0 Å². The Morgan fingerprint density at radius 1 is 1.53 bits per heavy atom. The number of carbonyl (C=O) groups excluding carboxylic acids is 1. The van der Waals surface area contributed by atoms with E-state index >= 15 is 0 Å². The summed E-state index contributed by atoms with van der Waals surface area (Å²) in [7, 11) is 0. The first-order valence-corrected chi connectivity index (χ1v) is 5.29. The summed E-state index contributed by atoms with van der Waals surface area (Å²) in [6, 6.07) is 0. The average Bonchev–Trinajstić information content (AvgIpc) is 2.30. The molecule has 0 aromatic carbocycles. The molecule has 80 valence electrons. The number of rotatable bonds is 1. The Kier molecular flexibility index (Phi) is 2.94. The Bertz CT molecular complexity index is 339. The van der Waals surface area contributed by atoms with Gasteiger partial charge < -0.3 is 4.90 Å². The predicted molar refractivity (Wildman–Crippen MR) is 56.3 cm³/mol. The van der Waals surface area contributed by atoms with Crippen molar-refractivity contribution in [3.63, 3.8) is 0 Å². The molecular weight excluding hydrogens is 190 g/mol. The minimum Gasteiger partial charge on any atom is -0.342 e. The van der Waals surface area contributed by atoms with Gasteiger partial charge in [0.05, 0.1) is 5.69 Å². The first-order chi connectivity index (χ1) is 7.27. The minimum absolute atomic E-state index is 0.156. The second kappa shape index (κ2) is 4.38. The van der Waals surface area contributed by atoms with E-state index in [4.69, 9.17) is 0 Å². The second-order valence-corrected chi connectivity index (χ2v) is 3.93. The second-order valence-electron chi connectivity index (χ2n) is 3.93. The monoisotopic (exact) mass is 205 g/mol. The molecule has 1 aromatic heterocycles.